The number of carbonyl (C=O) groups is 2. The van der Waals surface area contributed by atoms with Gasteiger partial charge in [-0.3, -0.25) is 14.5 Å². The minimum absolute atomic E-state index is 0.0639. The van der Waals surface area contributed by atoms with Gasteiger partial charge in [0.1, 0.15) is 5.75 Å². The van der Waals surface area contributed by atoms with E-state index in [0.717, 1.165) is 86.1 Å². The van der Waals surface area contributed by atoms with Crippen LogP contribution in [0, 0.1) is 5.41 Å². The maximum absolute atomic E-state index is 15.2. The van der Waals surface area contributed by atoms with Crippen molar-refractivity contribution in [1.82, 2.24) is 19.1 Å². The van der Waals surface area contributed by atoms with Crippen molar-refractivity contribution in [3.8, 4) is 17.0 Å². The van der Waals surface area contributed by atoms with Crippen molar-refractivity contribution in [3.05, 3.63) is 89.0 Å². The molecule has 5 heterocycles. The molecule has 10 heteroatoms. The first kappa shape index (κ1) is 34.3. The van der Waals surface area contributed by atoms with Gasteiger partial charge in [-0.15, -0.1) is 0 Å². The molecule has 0 spiro atoms. The standard InChI is InChI=1S/C44H50N4O5S/c1-53-33-17-19-35-37(22-33)38-23-44(38,43(50)48-31-21-32(48)26-46(25-31)24-28-10-4-2-5-11-28)27-47-39-20-30(42(49)45-54(51,52)34-14-8-9-15-34)16-18-36(39)40(41(35)47)29-12-6-3-7-13-29/h2,4-5,10-11,16-20,22,29,31-32,34,38H,3,6-9,12-15,21,23-27H2,1H3,(H,45,49). The van der Waals surface area contributed by atoms with Gasteiger partial charge >= 0.3 is 0 Å². The van der Waals surface area contributed by atoms with Crippen molar-refractivity contribution in [2.24, 2.45) is 5.41 Å². The Balaban J connectivity index is 1.05. The first-order chi connectivity index (χ1) is 26.2. The van der Waals surface area contributed by atoms with Gasteiger partial charge in [0.2, 0.25) is 15.9 Å². The van der Waals surface area contributed by atoms with Crippen LogP contribution in [0.1, 0.15) is 110 Å². The fraction of sp³-hybridized carbons (Fsp3) is 0.500. The number of aromatic nitrogens is 1. The fourth-order valence-electron chi connectivity index (χ4n) is 11.1. The summed E-state index contributed by atoms with van der Waals surface area (Å²) in [5.41, 5.74) is 6.74. The summed E-state index contributed by atoms with van der Waals surface area (Å²) < 4.78 is 37.0. The van der Waals surface area contributed by atoms with E-state index in [2.05, 4.69) is 61.6 Å². The second-order valence-corrected chi connectivity index (χ2v) is 19.1. The Morgan fingerprint density at radius 1 is 0.889 bits per heavy atom. The molecule has 7 aliphatic rings. The maximum Gasteiger partial charge on any atom is 0.264 e. The number of rotatable bonds is 8. The highest BCUT2D eigenvalue weighted by molar-refractivity contribution is 7.90. The molecule has 3 saturated carbocycles. The van der Waals surface area contributed by atoms with Crippen molar-refractivity contribution < 1.29 is 22.7 Å². The van der Waals surface area contributed by atoms with Crippen LogP contribution in [-0.2, 0) is 27.9 Å². The van der Waals surface area contributed by atoms with E-state index >= 15 is 4.79 Å². The average molecular weight is 747 g/mol. The number of hydrogen-bond acceptors (Lipinski definition) is 6. The van der Waals surface area contributed by atoms with Crippen LogP contribution < -0.4 is 9.46 Å². The lowest BCUT2D eigenvalue weighted by Gasteiger charge is -2.57. The van der Waals surface area contributed by atoms with Gasteiger partial charge in [0.25, 0.3) is 5.91 Å². The molecule has 282 valence electrons. The molecule has 4 atom stereocenters. The lowest BCUT2D eigenvalue weighted by Crippen LogP contribution is -2.71. The van der Waals surface area contributed by atoms with Gasteiger partial charge in [-0.25, -0.2) is 13.1 Å². The Bertz CT molecular complexity index is 2240. The predicted octanol–water partition coefficient (Wildman–Crippen LogP) is 7.34. The van der Waals surface area contributed by atoms with Gasteiger partial charge in [0.15, 0.2) is 0 Å². The summed E-state index contributed by atoms with van der Waals surface area (Å²) >= 11 is 0. The minimum Gasteiger partial charge on any atom is -0.497 e. The Kier molecular flexibility index (Phi) is 8.25. The van der Waals surface area contributed by atoms with E-state index < -0.39 is 26.6 Å². The lowest BCUT2D eigenvalue weighted by atomic mass is 9.81. The highest BCUT2D eigenvalue weighted by Gasteiger charge is 2.66. The molecule has 1 aromatic heterocycles. The van der Waals surface area contributed by atoms with Crippen molar-refractivity contribution in [2.45, 2.75) is 113 Å². The topological polar surface area (TPSA) is 101 Å². The average Bonchev–Trinajstić information content (AvgIpc) is 3.50. The first-order valence-corrected chi connectivity index (χ1v) is 21.8. The molecule has 0 radical (unpaired) electrons. The van der Waals surface area contributed by atoms with Crippen molar-refractivity contribution in [1.29, 1.82) is 0 Å². The minimum atomic E-state index is -3.77. The van der Waals surface area contributed by atoms with E-state index in [1.165, 1.54) is 36.0 Å². The second-order valence-electron chi connectivity index (χ2n) is 17.1. The molecule has 6 fully saturated rings. The third-order valence-corrected chi connectivity index (χ3v) is 15.8. The van der Waals surface area contributed by atoms with Gasteiger partial charge in [-0.2, -0.15) is 0 Å². The molecule has 54 heavy (non-hydrogen) atoms. The second kappa shape index (κ2) is 13.0. The Morgan fingerprint density at radius 2 is 1.63 bits per heavy atom. The van der Waals surface area contributed by atoms with Crippen LogP contribution in [-0.4, -0.2) is 72.1 Å². The summed E-state index contributed by atoms with van der Waals surface area (Å²) in [6.45, 7) is 3.20. The zero-order chi connectivity index (χ0) is 36.8. The van der Waals surface area contributed by atoms with Crippen LogP contribution >= 0.6 is 0 Å². The number of nitrogens with zero attached hydrogens (tertiary/aromatic N) is 3. The van der Waals surface area contributed by atoms with Gasteiger partial charge in [-0.1, -0.05) is 68.5 Å². The van der Waals surface area contributed by atoms with Crippen molar-refractivity contribution >= 4 is 32.7 Å². The van der Waals surface area contributed by atoms with Crippen LogP contribution in [0.4, 0.5) is 0 Å². The molecular formula is C44H50N4O5S. The molecule has 2 bridgehead atoms. The summed E-state index contributed by atoms with van der Waals surface area (Å²) in [5, 5.41) is 0.582. The number of nitrogens with one attached hydrogen (secondary N) is 1. The summed E-state index contributed by atoms with van der Waals surface area (Å²) in [7, 11) is -2.07. The first-order valence-electron chi connectivity index (χ1n) is 20.2. The Hall–Kier alpha value is -4.15. The molecule has 1 N–H and O–H groups in total. The molecule has 9 nitrogen and oxygen atoms in total. The van der Waals surface area contributed by atoms with E-state index in [9.17, 15) is 13.2 Å². The largest absolute Gasteiger partial charge is 0.497 e. The Labute approximate surface area is 318 Å². The summed E-state index contributed by atoms with van der Waals surface area (Å²) in [5.74, 6) is 0.897. The summed E-state index contributed by atoms with van der Waals surface area (Å²) in [6, 6.07) is 23.1. The number of ether oxygens (including phenoxy) is 1. The van der Waals surface area contributed by atoms with E-state index in [0.29, 0.717) is 30.9 Å². The van der Waals surface area contributed by atoms with Gasteiger partial charge in [0.05, 0.1) is 23.5 Å². The number of sulfonamides is 1. The zero-order valence-electron chi connectivity index (χ0n) is 31.1. The van der Waals surface area contributed by atoms with Crippen LogP contribution in [0.5, 0.6) is 5.75 Å². The molecule has 3 aromatic carbocycles. The molecule has 4 aromatic rings. The van der Waals surface area contributed by atoms with Gasteiger partial charge in [-0.05, 0) is 91.5 Å². The normalized spacial score (nSPS) is 26.7. The summed E-state index contributed by atoms with van der Waals surface area (Å²) in [6.07, 6.45) is 10.5. The monoisotopic (exact) mass is 746 g/mol. The molecule has 4 aliphatic heterocycles. The van der Waals surface area contributed by atoms with Gasteiger partial charge < -0.3 is 14.2 Å². The van der Waals surface area contributed by atoms with Crippen molar-refractivity contribution in [2.75, 3.05) is 20.2 Å². The Morgan fingerprint density at radius 3 is 2.37 bits per heavy atom. The highest BCUT2D eigenvalue weighted by atomic mass is 32.2. The number of methoxy groups -OCH3 is 1. The van der Waals surface area contributed by atoms with E-state index in [1.54, 1.807) is 13.2 Å². The number of hydrogen-bond donors (Lipinski definition) is 1. The van der Waals surface area contributed by atoms with Crippen LogP contribution in [0.25, 0.3) is 22.2 Å². The maximum atomic E-state index is 15.2. The third-order valence-electron chi connectivity index (χ3n) is 13.9. The van der Waals surface area contributed by atoms with Crippen LogP contribution in [0.15, 0.2) is 66.7 Å². The third kappa shape index (κ3) is 5.53. The van der Waals surface area contributed by atoms with Crippen molar-refractivity contribution in [3.63, 3.8) is 0 Å². The van der Waals surface area contributed by atoms with Gasteiger partial charge in [0, 0.05) is 66.2 Å². The quantitative estimate of drug-likeness (QED) is 0.203. The van der Waals surface area contributed by atoms with E-state index in [4.69, 9.17) is 4.74 Å². The number of fused-ring (bicyclic) bond motifs is 9. The van der Waals surface area contributed by atoms with E-state index in [-0.39, 0.29) is 23.9 Å². The smallest absolute Gasteiger partial charge is 0.264 e. The fourth-order valence-corrected chi connectivity index (χ4v) is 12.6. The predicted molar refractivity (Wildman–Crippen MR) is 209 cm³/mol. The zero-order valence-corrected chi connectivity index (χ0v) is 32.0. The summed E-state index contributed by atoms with van der Waals surface area (Å²) in [4.78, 5) is 33.6. The molecule has 3 aliphatic carbocycles. The molecular weight excluding hydrogens is 697 g/mol. The number of carbonyl (C=O) groups excluding carboxylic acids is 2. The highest BCUT2D eigenvalue weighted by Crippen LogP contribution is 2.67. The number of amides is 2. The molecule has 4 unspecified atom stereocenters. The van der Waals surface area contributed by atoms with Crippen LogP contribution in [0.3, 0.4) is 0 Å². The number of benzene rings is 3. The van der Waals surface area contributed by atoms with Crippen LogP contribution in [0.2, 0.25) is 0 Å². The number of piperidine rings is 1. The SMILES string of the molecule is COc1ccc2c(c1)C1CC1(C(=O)N1C3CC1CN(Cc1ccccc1)C3)Cn1c-2c(C2CCCCC2)c2ccc(C(=O)NS(=O)(=O)C3CCCC3)cc21. The molecule has 11 rings (SSSR count). The molecule has 3 saturated heterocycles. The molecule has 2 amide bonds. The number of piperazine rings is 1. The van der Waals surface area contributed by atoms with E-state index in [1.807, 2.05) is 18.2 Å². The lowest BCUT2D eigenvalue weighted by molar-refractivity contribution is -0.161.